The summed E-state index contributed by atoms with van der Waals surface area (Å²) in [7, 11) is -3.62. The topological polar surface area (TPSA) is 107 Å². The van der Waals surface area contributed by atoms with Crippen LogP contribution in [0.15, 0.2) is 53.4 Å². The Morgan fingerprint density at radius 3 is 2.14 bits per heavy atom. The fourth-order valence-corrected chi connectivity index (χ4v) is 3.64. The molecule has 0 aliphatic carbocycles. The zero-order valence-electron chi connectivity index (χ0n) is 16.5. The monoisotopic (exact) mass is 417 g/mol. The summed E-state index contributed by atoms with van der Waals surface area (Å²) in [5.74, 6) is -1.84. The highest BCUT2D eigenvalue weighted by Crippen LogP contribution is 2.14. The van der Waals surface area contributed by atoms with E-state index < -0.39 is 33.6 Å². The van der Waals surface area contributed by atoms with Crippen molar-refractivity contribution in [3.8, 4) is 0 Å². The molecule has 1 amide bonds. The Balaban J connectivity index is 1.86. The number of amides is 1. The quantitative estimate of drug-likeness (QED) is 0.523. The third-order valence-corrected chi connectivity index (χ3v) is 5.92. The normalized spacial score (nSPS) is 12.1. The molecule has 2 aromatic carbocycles. The predicted molar refractivity (Wildman–Crippen MR) is 108 cm³/mol. The van der Waals surface area contributed by atoms with Crippen LogP contribution in [0.3, 0.4) is 0 Å². The second-order valence-electron chi connectivity index (χ2n) is 6.64. The Bertz CT molecular complexity index is 994. The van der Waals surface area contributed by atoms with E-state index in [-0.39, 0.29) is 17.1 Å². The number of sulfone groups is 1. The van der Waals surface area contributed by atoms with Crippen LogP contribution in [0.25, 0.3) is 0 Å². The summed E-state index contributed by atoms with van der Waals surface area (Å²) in [6.45, 7) is 4.68. The summed E-state index contributed by atoms with van der Waals surface area (Å²) in [6, 6.07) is 12.6. The van der Waals surface area contributed by atoms with Gasteiger partial charge >= 0.3 is 5.97 Å². The molecule has 0 radical (unpaired) electrons. The molecule has 2 aromatic rings. The van der Waals surface area contributed by atoms with E-state index in [0.29, 0.717) is 11.3 Å². The maximum absolute atomic E-state index is 12.3. The number of ketones is 1. The van der Waals surface area contributed by atoms with Crippen LogP contribution in [0.1, 0.15) is 36.2 Å². The summed E-state index contributed by atoms with van der Waals surface area (Å²) in [4.78, 5) is 35.5. The Hall–Kier alpha value is -3.00. The van der Waals surface area contributed by atoms with Gasteiger partial charge in [-0.15, -0.1) is 0 Å². The van der Waals surface area contributed by atoms with Crippen LogP contribution < -0.4 is 5.32 Å². The van der Waals surface area contributed by atoms with E-state index in [1.54, 1.807) is 36.4 Å². The van der Waals surface area contributed by atoms with Crippen molar-refractivity contribution in [2.24, 2.45) is 0 Å². The number of aryl methyl sites for hydroxylation is 1. The van der Waals surface area contributed by atoms with Crippen LogP contribution in [-0.2, 0) is 24.2 Å². The van der Waals surface area contributed by atoms with Gasteiger partial charge in [-0.2, -0.15) is 0 Å². The smallest absolute Gasteiger partial charge is 0.307 e. The van der Waals surface area contributed by atoms with Crippen molar-refractivity contribution >= 4 is 33.2 Å². The van der Waals surface area contributed by atoms with Gasteiger partial charge in [-0.1, -0.05) is 17.7 Å². The third-order valence-electron chi connectivity index (χ3n) is 4.19. The SMILES string of the molecule is CC(=O)c1ccc(NC(=O)[C@H](C)OC(=O)CCS(=O)(=O)c2ccc(C)cc2)cc1. The third kappa shape index (κ3) is 6.53. The second kappa shape index (κ2) is 9.47. The van der Waals surface area contributed by atoms with Gasteiger partial charge in [0.05, 0.1) is 17.1 Å². The largest absolute Gasteiger partial charge is 0.453 e. The van der Waals surface area contributed by atoms with Crippen LogP contribution in [0.4, 0.5) is 5.69 Å². The maximum atomic E-state index is 12.3. The number of hydrogen-bond acceptors (Lipinski definition) is 6. The molecule has 0 saturated heterocycles. The van der Waals surface area contributed by atoms with Crippen molar-refractivity contribution in [1.29, 1.82) is 0 Å². The van der Waals surface area contributed by atoms with Crippen molar-refractivity contribution in [3.63, 3.8) is 0 Å². The number of hydrogen-bond donors (Lipinski definition) is 1. The van der Waals surface area contributed by atoms with Gasteiger partial charge in [-0.3, -0.25) is 14.4 Å². The standard InChI is InChI=1S/C21H23NO6S/c1-14-4-10-19(11-5-14)29(26,27)13-12-20(24)28-16(3)21(25)22-18-8-6-17(7-9-18)15(2)23/h4-11,16H,12-13H2,1-3H3,(H,22,25)/t16-/m0/s1. The van der Waals surface area contributed by atoms with Gasteiger partial charge in [-0.25, -0.2) is 8.42 Å². The first-order chi connectivity index (χ1) is 13.6. The number of rotatable bonds is 8. The molecule has 0 aliphatic heterocycles. The molecule has 0 spiro atoms. The fraction of sp³-hybridized carbons (Fsp3) is 0.286. The Kier molecular flexibility index (Phi) is 7.28. The Labute approximate surface area is 170 Å². The van der Waals surface area contributed by atoms with E-state index in [1.807, 2.05) is 6.92 Å². The molecule has 29 heavy (non-hydrogen) atoms. The molecule has 1 atom stereocenters. The first kappa shape index (κ1) is 22.3. The van der Waals surface area contributed by atoms with Crippen molar-refractivity contribution in [3.05, 3.63) is 59.7 Å². The lowest BCUT2D eigenvalue weighted by Gasteiger charge is -2.14. The lowest BCUT2D eigenvalue weighted by atomic mass is 10.1. The number of benzene rings is 2. The van der Waals surface area contributed by atoms with Crippen molar-refractivity contribution in [2.45, 2.75) is 38.2 Å². The minimum atomic E-state index is -3.62. The minimum absolute atomic E-state index is 0.0919. The van der Waals surface area contributed by atoms with E-state index in [1.165, 1.54) is 26.0 Å². The second-order valence-corrected chi connectivity index (χ2v) is 8.75. The molecule has 0 fully saturated rings. The molecule has 154 valence electrons. The highest BCUT2D eigenvalue weighted by atomic mass is 32.2. The lowest BCUT2D eigenvalue weighted by Crippen LogP contribution is -2.30. The lowest BCUT2D eigenvalue weighted by molar-refractivity contribution is -0.152. The first-order valence-corrected chi connectivity index (χ1v) is 10.6. The summed E-state index contributed by atoms with van der Waals surface area (Å²) in [5.41, 5.74) is 1.89. The first-order valence-electron chi connectivity index (χ1n) is 8.99. The van der Waals surface area contributed by atoms with Crippen LogP contribution in [0.2, 0.25) is 0 Å². The Morgan fingerprint density at radius 2 is 1.59 bits per heavy atom. The number of ether oxygens (including phenoxy) is 1. The van der Waals surface area contributed by atoms with Gasteiger partial charge in [-0.05, 0) is 57.2 Å². The number of nitrogens with one attached hydrogen (secondary N) is 1. The summed E-state index contributed by atoms with van der Waals surface area (Å²) < 4.78 is 29.6. The molecule has 7 nitrogen and oxygen atoms in total. The maximum Gasteiger partial charge on any atom is 0.307 e. The molecule has 1 N–H and O–H groups in total. The average molecular weight is 417 g/mol. The van der Waals surface area contributed by atoms with Gasteiger partial charge in [0.2, 0.25) is 0 Å². The minimum Gasteiger partial charge on any atom is -0.453 e. The summed E-state index contributed by atoms with van der Waals surface area (Å²) in [6.07, 6.45) is -1.46. The molecule has 0 saturated carbocycles. The molecule has 0 bridgehead atoms. The molecule has 2 rings (SSSR count). The molecular formula is C21H23NO6S. The number of carbonyl (C=O) groups is 3. The predicted octanol–water partition coefficient (Wildman–Crippen LogP) is 2.93. The van der Waals surface area contributed by atoms with E-state index in [9.17, 15) is 22.8 Å². The zero-order chi connectivity index (χ0) is 21.6. The summed E-state index contributed by atoms with van der Waals surface area (Å²) in [5, 5.41) is 2.57. The van der Waals surface area contributed by atoms with Gasteiger partial charge in [0.15, 0.2) is 21.7 Å². The van der Waals surface area contributed by atoms with E-state index in [2.05, 4.69) is 5.32 Å². The van der Waals surface area contributed by atoms with Crippen LogP contribution in [0.5, 0.6) is 0 Å². The number of Topliss-reactive ketones (excluding diaryl/α,β-unsaturated/α-hetero) is 1. The molecular weight excluding hydrogens is 394 g/mol. The van der Waals surface area contributed by atoms with Crippen molar-refractivity contribution < 1.29 is 27.5 Å². The van der Waals surface area contributed by atoms with Crippen LogP contribution in [0, 0.1) is 6.92 Å². The van der Waals surface area contributed by atoms with Crippen molar-refractivity contribution in [1.82, 2.24) is 0 Å². The number of esters is 1. The molecule has 0 aliphatic rings. The van der Waals surface area contributed by atoms with E-state index in [4.69, 9.17) is 4.74 Å². The zero-order valence-corrected chi connectivity index (χ0v) is 17.3. The van der Waals surface area contributed by atoms with Crippen LogP contribution >= 0.6 is 0 Å². The van der Waals surface area contributed by atoms with E-state index in [0.717, 1.165) is 5.56 Å². The highest BCUT2D eigenvalue weighted by molar-refractivity contribution is 7.91. The highest BCUT2D eigenvalue weighted by Gasteiger charge is 2.21. The van der Waals surface area contributed by atoms with E-state index >= 15 is 0 Å². The van der Waals surface area contributed by atoms with Gasteiger partial charge in [0, 0.05) is 11.3 Å². The fourth-order valence-electron chi connectivity index (χ4n) is 2.42. The van der Waals surface area contributed by atoms with Crippen LogP contribution in [-0.4, -0.2) is 37.9 Å². The molecule has 0 unspecified atom stereocenters. The molecule has 0 aromatic heterocycles. The van der Waals surface area contributed by atoms with Gasteiger partial charge in [0.1, 0.15) is 0 Å². The van der Waals surface area contributed by atoms with Crippen molar-refractivity contribution in [2.75, 3.05) is 11.1 Å². The number of anilines is 1. The Morgan fingerprint density at radius 1 is 1.00 bits per heavy atom. The molecule has 0 heterocycles. The van der Waals surface area contributed by atoms with Gasteiger partial charge in [0.25, 0.3) is 5.91 Å². The average Bonchev–Trinajstić information content (AvgIpc) is 2.67. The van der Waals surface area contributed by atoms with Gasteiger partial charge < -0.3 is 10.1 Å². The number of carbonyl (C=O) groups excluding carboxylic acids is 3. The molecule has 8 heteroatoms. The summed E-state index contributed by atoms with van der Waals surface area (Å²) >= 11 is 0.